The van der Waals surface area contributed by atoms with Gasteiger partial charge in [0.25, 0.3) is 0 Å². The summed E-state index contributed by atoms with van der Waals surface area (Å²) in [7, 11) is 0. The van der Waals surface area contributed by atoms with E-state index in [4.69, 9.17) is 9.47 Å². The maximum absolute atomic E-state index is 12.2. The first kappa shape index (κ1) is 20.0. The van der Waals surface area contributed by atoms with Gasteiger partial charge in [0, 0.05) is 9.13 Å². The number of rotatable bonds is 4. The predicted octanol–water partition coefficient (Wildman–Crippen LogP) is 5.16. The van der Waals surface area contributed by atoms with Gasteiger partial charge in [0.15, 0.2) is 5.70 Å². The summed E-state index contributed by atoms with van der Waals surface area (Å²) in [5.74, 6) is -0.225. The Bertz CT molecular complexity index is 1160. The van der Waals surface area contributed by atoms with Crippen LogP contribution >= 0.6 is 22.6 Å². The van der Waals surface area contributed by atoms with E-state index in [-0.39, 0.29) is 11.6 Å². The van der Waals surface area contributed by atoms with E-state index >= 15 is 0 Å². The van der Waals surface area contributed by atoms with Crippen molar-refractivity contribution in [3.8, 4) is 5.75 Å². The molecule has 6 heteroatoms. The van der Waals surface area contributed by atoms with Crippen molar-refractivity contribution in [2.24, 2.45) is 4.99 Å². The van der Waals surface area contributed by atoms with Gasteiger partial charge in [0.05, 0.1) is 5.56 Å². The number of ether oxygens (including phenoxy) is 2. The van der Waals surface area contributed by atoms with E-state index in [2.05, 4.69) is 27.6 Å². The molecule has 0 atom stereocenters. The van der Waals surface area contributed by atoms with Gasteiger partial charge >= 0.3 is 11.9 Å². The number of hydrogen-bond acceptors (Lipinski definition) is 5. The molecular formula is C24H16INO4. The smallest absolute Gasteiger partial charge is 0.363 e. The zero-order chi connectivity index (χ0) is 21.1. The molecule has 0 N–H and O–H groups in total. The minimum atomic E-state index is -0.501. The van der Waals surface area contributed by atoms with E-state index in [1.54, 1.807) is 42.5 Å². The second kappa shape index (κ2) is 8.62. The number of nitrogens with zero attached hydrogens (tertiary/aromatic N) is 1. The molecule has 0 radical (unpaired) electrons. The minimum Gasteiger partial charge on any atom is -0.423 e. The number of cyclic esters (lactones) is 1. The molecule has 0 spiro atoms. The van der Waals surface area contributed by atoms with E-state index in [9.17, 15) is 9.59 Å². The molecule has 1 aliphatic heterocycles. The van der Waals surface area contributed by atoms with Gasteiger partial charge < -0.3 is 9.47 Å². The minimum absolute atomic E-state index is 0.216. The van der Waals surface area contributed by atoms with Gasteiger partial charge in [-0.3, -0.25) is 0 Å². The largest absolute Gasteiger partial charge is 0.423 e. The monoisotopic (exact) mass is 509 g/mol. The number of benzene rings is 3. The highest BCUT2D eigenvalue weighted by atomic mass is 127. The SMILES string of the molecule is Cc1ccc(C(=O)Oc2ccc(/C=C3\N=C(c4ccc(I)cc4)OC3=O)cc2)cc1. The Morgan fingerprint density at radius 2 is 1.63 bits per heavy atom. The highest BCUT2D eigenvalue weighted by Gasteiger charge is 2.24. The van der Waals surface area contributed by atoms with Crippen LogP contribution in [0.15, 0.2) is 83.5 Å². The molecule has 148 valence electrons. The molecule has 30 heavy (non-hydrogen) atoms. The lowest BCUT2D eigenvalue weighted by Crippen LogP contribution is -2.08. The summed E-state index contributed by atoms with van der Waals surface area (Å²) < 4.78 is 11.8. The Morgan fingerprint density at radius 3 is 2.30 bits per heavy atom. The third-order valence-electron chi connectivity index (χ3n) is 4.39. The molecule has 0 fully saturated rings. The molecule has 3 aromatic rings. The average Bonchev–Trinajstić information content (AvgIpc) is 3.10. The zero-order valence-corrected chi connectivity index (χ0v) is 18.1. The molecule has 1 heterocycles. The number of aliphatic imine (C=N–C) groups is 1. The average molecular weight is 509 g/mol. The highest BCUT2D eigenvalue weighted by molar-refractivity contribution is 14.1. The molecule has 0 saturated carbocycles. The van der Waals surface area contributed by atoms with Crippen LogP contribution in [0.1, 0.15) is 27.0 Å². The van der Waals surface area contributed by atoms with Crippen LogP contribution in [0.4, 0.5) is 0 Å². The van der Waals surface area contributed by atoms with Gasteiger partial charge in [0.2, 0.25) is 5.90 Å². The van der Waals surface area contributed by atoms with Crippen LogP contribution in [0, 0.1) is 10.5 Å². The van der Waals surface area contributed by atoms with Crippen molar-refractivity contribution in [2.45, 2.75) is 6.92 Å². The van der Waals surface area contributed by atoms with Crippen LogP contribution < -0.4 is 4.74 Å². The van der Waals surface area contributed by atoms with Gasteiger partial charge in [-0.25, -0.2) is 14.6 Å². The van der Waals surface area contributed by atoms with Crippen molar-refractivity contribution in [2.75, 3.05) is 0 Å². The number of carbonyl (C=O) groups is 2. The van der Waals surface area contributed by atoms with E-state index < -0.39 is 11.9 Å². The van der Waals surface area contributed by atoms with E-state index in [0.717, 1.165) is 20.3 Å². The van der Waals surface area contributed by atoms with Crippen LogP contribution in [0.2, 0.25) is 0 Å². The highest BCUT2D eigenvalue weighted by Crippen LogP contribution is 2.21. The molecule has 4 rings (SSSR count). The quantitative estimate of drug-likeness (QED) is 0.211. The van der Waals surface area contributed by atoms with E-state index in [1.807, 2.05) is 43.3 Å². The van der Waals surface area contributed by atoms with Crippen LogP contribution in [0.25, 0.3) is 6.08 Å². The molecule has 0 unspecified atom stereocenters. The standard InChI is InChI=1S/C24H16INO4/c1-15-2-6-18(7-3-15)23(27)29-20-12-4-16(5-13-20)14-21-24(28)30-22(26-21)17-8-10-19(25)11-9-17/h2-14H,1H3/b21-14-. The topological polar surface area (TPSA) is 65.0 Å². The molecule has 3 aromatic carbocycles. The third-order valence-corrected chi connectivity index (χ3v) is 5.11. The summed E-state index contributed by atoms with van der Waals surface area (Å²) in [6.45, 7) is 1.95. The Kier molecular flexibility index (Phi) is 5.76. The van der Waals surface area contributed by atoms with Crippen molar-refractivity contribution >= 4 is 46.5 Å². The van der Waals surface area contributed by atoms with Crippen LogP contribution in [0.5, 0.6) is 5.75 Å². The van der Waals surface area contributed by atoms with Crippen molar-refractivity contribution < 1.29 is 19.1 Å². The summed E-state index contributed by atoms with van der Waals surface area (Å²) in [5, 5.41) is 0. The van der Waals surface area contributed by atoms with Crippen LogP contribution in [-0.4, -0.2) is 17.8 Å². The second-order valence-corrected chi connectivity index (χ2v) is 7.91. The number of halogens is 1. The van der Waals surface area contributed by atoms with Crippen molar-refractivity contribution in [3.05, 3.63) is 104 Å². The predicted molar refractivity (Wildman–Crippen MR) is 122 cm³/mol. The summed E-state index contributed by atoms with van der Waals surface area (Å²) in [6.07, 6.45) is 1.63. The Morgan fingerprint density at radius 1 is 0.967 bits per heavy atom. The van der Waals surface area contributed by atoms with E-state index in [1.165, 1.54) is 0 Å². The summed E-state index contributed by atoms with van der Waals surface area (Å²) in [6, 6.07) is 21.6. The van der Waals surface area contributed by atoms with Crippen molar-refractivity contribution in [3.63, 3.8) is 0 Å². The van der Waals surface area contributed by atoms with Crippen LogP contribution in [-0.2, 0) is 9.53 Å². The Hall–Kier alpha value is -3.26. The number of aryl methyl sites for hydroxylation is 1. The third kappa shape index (κ3) is 4.65. The van der Waals surface area contributed by atoms with E-state index in [0.29, 0.717) is 11.3 Å². The molecule has 1 aliphatic rings. The first-order valence-corrected chi connectivity index (χ1v) is 10.2. The van der Waals surface area contributed by atoms with Gasteiger partial charge in [-0.2, -0.15) is 0 Å². The fraction of sp³-hybridized carbons (Fsp3) is 0.0417. The molecular weight excluding hydrogens is 493 g/mol. The number of esters is 2. The lowest BCUT2D eigenvalue weighted by Gasteiger charge is -2.05. The Labute approximate surface area is 187 Å². The normalized spacial score (nSPS) is 14.4. The van der Waals surface area contributed by atoms with Crippen LogP contribution in [0.3, 0.4) is 0 Å². The van der Waals surface area contributed by atoms with Gasteiger partial charge in [-0.05, 0) is 89.7 Å². The van der Waals surface area contributed by atoms with Gasteiger partial charge in [-0.1, -0.05) is 29.8 Å². The number of hydrogen-bond donors (Lipinski definition) is 0. The lowest BCUT2D eigenvalue weighted by atomic mass is 10.1. The first-order chi connectivity index (χ1) is 14.5. The summed E-state index contributed by atoms with van der Waals surface area (Å²) in [4.78, 5) is 28.7. The van der Waals surface area contributed by atoms with Gasteiger partial charge in [-0.15, -0.1) is 0 Å². The molecule has 0 aromatic heterocycles. The number of carbonyl (C=O) groups excluding carboxylic acids is 2. The van der Waals surface area contributed by atoms with Crippen molar-refractivity contribution in [1.82, 2.24) is 0 Å². The molecule has 0 aliphatic carbocycles. The fourth-order valence-electron chi connectivity index (χ4n) is 2.77. The maximum Gasteiger partial charge on any atom is 0.363 e. The Balaban J connectivity index is 1.48. The molecule has 0 saturated heterocycles. The second-order valence-electron chi connectivity index (χ2n) is 6.67. The maximum atomic E-state index is 12.2. The van der Waals surface area contributed by atoms with Gasteiger partial charge in [0.1, 0.15) is 5.75 Å². The summed E-state index contributed by atoms with van der Waals surface area (Å²) >= 11 is 2.21. The fourth-order valence-corrected chi connectivity index (χ4v) is 3.13. The summed E-state index contributed by atoms with van der Waals surface area (Å²) in [5.41, 5.74) is 3.25. The van der Waals surface area contributed by atoms with Crippen molar-refractivity contribution in [1.29, 1.82) is 0 Å². The molecule has 5 nitrogen and oxygen atoms in total. The zero-order valence-electron chi connectivity index (χ0n) is 16.0. The molecule has 0 amide bonds. The lowest BCUT2D eigenvalue weighted by molar-refractivity contribution is -0.129. The first-order valence-electron chi connectivity index (χ1n) is 9.15. The molecule has 0 bridgehead atoms.